The molecule has 37 heavy (non-hydrogen) atoms. The van der Waals surface area contributed by atoms with Crippen molar-refractivity contribution in [3.8, 4) is 0 Å². The lowest BCUT2D eigenvalue weighted by molar-refractivity contribution is -0.0201. The van der Waals surface area contributed by atoms with Crippen LogP contribution in [0.25, 0.3) is 0 Å². The van der Waals surface area contributed by atoms with Gasteiger partial charge in [-0.3, -0.25) is 0 Å². The lowest BCUT2D eigenvalue weighted by atomic mass is 10.0. The summed E-state index contributed by atoms with van der Waals surface area (Å²) in [4.78, 5) is 0. The van der Waals surface area contributed by atoms with Gasteiger partial charge in [0.05, 0.1) is 85.9 Å². The van der Waals surface area contributed by atoms with Crippen molar-refractivity contribution < 1.29 is 33.2 Å². The molecule has 0 N–H and O–H groups in total. The summed E-state index contributed by atoms with van der Waals surface area (Å²) in [5.41, 5.74) is 0. The molecular formula is C29H59IO7. The zero-order chi connectivity index (χ0) is 26.7. The van der Waals surface area contributed by atoms with Crippen molar-refractivity contribution in [3.63, 3.8) is 0 Å². The maximum absolute atomic E-state index is 5.66. The van der Waals surface area contributed by atoms with E-state index in [2.05, 4.69) is 29.5 Å². The van der Waals surface area contributed by atoms with Gasteiger partial charge >= 0.3 is 0 Å². The summed E-state index contributed by atoms with van der Waals surface area (Å²) in [6.45, 7) is 11.1. The summed E-state index contributed by atoms with van der Waals surface area (Å²) in [5.74, 6) is 0. The molecule has 8 heteroatoms. The molecule has 0 fully saturated rings. The van der Waals surface area contributed by atoms with Gasteiger partial charge < -0.3 is 33.2 Å². The van der Waals surface area contributed by atoms with E-state index < -0.39 is 0 Å². The number of hydrogen-bond donors (Lipinski definition) is 0. The minimum Gasteiger partial charge on any atom is -0.379 e. The van der Waals surface area contributed by atoms with Gasteiger partial charge in [-0.1, -0.05) is 107 Å². The number of hydrogen-bond acceptors (Lipinski definition) is 7. The predicted molar refractivity (Wildman–Crippen MR) is 160 cm³/mol. The van der Waals surface area contributed by atoms with Gasteiger partial charge in [0, 0.05) is 11.0 Å². The third-order valence-electron chi connectivity index (χ3n) is 5.85. The largest absolute Gasteiger partial charge is 0.379 e. The van der Waals surface area contributed by atoms with Crippen LogP contribution in [-0.4, -0.2) is 96.9 Å². The predicted octanol–water partition coefficient (Wildman–Crippen LogP) is 6.63. The van der Waals surface area contributed by atoms with E-state index in [1.54, 1.807) is 0 Å². The van der Waals surface area contributed by atoms with Crippen molar-refractivity contribution in [2.45, 2.75) is 90.4 Å². The fourth-order valence-electron chi connectivity index (χ4n) is 3.70. The molecule has 0 saturated heterocycles. The molecular weight excluding hydrogens is 587 g/mol. The molecule has 0 aromatic heterocycles. The molecule has 0 aromatic carbocycles. The molecule has 0 radical (unpaired) electrons. The van der Waals surface area contributed by atoms with Crippen molar-refractivity contribution in [3.05, 3.63) is 0 Å². The van der Waals surface area contributed by atoms with Gasteiger partial charge in [-0.05, 0) is 6.42 Å². The fourth-order valence-corrected chi connectivity index (χ4v) is 4.01. The first kappa shape index (κ1) is 37.5. The van der Waals surface area contributed by atoms with Gasteiger partial charge in [0.2, 0.25) is 0 Å². The number of rotatable bonds is 34. The van der Waals surface area contributed by atoms with Crippen molar-refractivity contribution in [2.24, 2.45) is 0 Å². The molecule has 0 unspecified atom stereocenters. The summed E-state index contributed by atoms with van der Waals surface area (Å²) in [5, 5.41) is 0. The Hall–Kier alpha value is 0.450. The Morgan fingerprint density at radius 2 is 0.541 bits per heavy atom. The quantitative estimate of drug-likeness (QED) is 0.0442. The Kier molecular flexibility index (Phi) is 36.9. The Bertz CT molecular complexity index is 357. The molecule has 0 amide bonds. The minimum absolute atomic E-state index is 0.565. The van der Waals surface area contributed by atoms with Crippen LogP contribution in [0.2, 0.25) is 0 Å². The molecule has 0 heterocycles. The van der Waals surface area contributed by atoms with E-state index in [1.165, 1.54) is 77.0 Å². The molecule has 7 nitrogen and oxygen atoms in total. The van der Waals surface area contributed by atoms with Crippen LogP contribution in [0.4, 0.5) is 0 Å². The van der Waals surface area contributed by atoms with Gasteiger partial charge in [0.1, 0.15) is 0 Å². The molecule has 0 aliphatic carbocycles. The normalized spacial score (nSPS) is 11.5. The van der Waals surface area contributed by atoms with Crippen LogP contribution in [0.15, 0.2) is 0 Å². The molecule has 0 rings (SSSR count). The summed E-state index contributed by atoms with van der Waals surface area (Å²) in [6, 6.07) is 0. The third kappa shape index (κ3) is 36.4. The van der Waals surface area contributed by atoms with E-state index in [1.807, 2.05) is 0 Å². The molecule has 0 saturated carbocycles. The van der Waals surface area contributed by atoms with Crippen LogP contribution < -0.4 is 0 Å². The van der Waals surface area contributed by atoms with Gasteiger partial charge in [0.25, 0.3) is 0 Å². The first-order chi connectivity index (χ1) is 18.4. The van der Waals surface area contributed by atoms with E-state index in [0.29, 0.717) is 79.3 Å². The highest BCUT2D eigenvalue weighted by Gasteiger charge is 1.96. The fraction of sp³-hybridized carbons (Fsp3) is 1.00. The highest BCUT2D eigenvalue weighted by atomic mass is 127. The van der Waals surface area contributed by atoms with Crippen LogP contribution in [0, 0.1) is 0 Å². The smallest absolute Gasteiger partial charge is 0.0701 e. The maximum atomic E-state index is 5.66. The summed E-state index contributed by atoms with van der Waals surface area (Å²) >= 11 is 2.29. The van der Waals surface area contributed by atoms with Crippen molar-refractivity contribution in [1.29, 1.82) is 0 Å². The second-order valence-corrected chi connectivity index (χ2v) is 10.3. The number of unbranched alkanes of at least 4 members (excludes halogenated alkanes) is 12. The molecule has 224 valence electrons. The van der Waals surface area contributed by atoms with Crippen LogP contribution in [0.1, 0.15) is 90.4 Å². The van der Waals surface area contributed by atoms with Crippen LogP contribution in [0.3, 0.4) is 0 Å². The standard InChI is InChI=1S/C29H59IO7/c1-2-3-4-5-6-7-8-9-10-11-12-13-14-16-31-18-20-33-22-24-35-26-28-37-29-27-36-25-23-34-21-19-32-17-15-30/h2-29H2,1H3. The van der Waals surface area contributed by atoms with Crippen molar-refractivity contribution >= 4 is 22.6 Å². The third-order valence-corrected chi connectivity index (χ3v) is 6.29. The molecule has 0 aliphatic rings. The van der Waals surface area contributed by atoms with Gasteiger partial charge in [-0.2, -0.15) is 0 Å². The Labute approximate surface area is 242 Å². The summed E-state index contributed by atoms with van der Waals surface area (Å²) in [7, 11) is 0. The van der Waals surface area contributed by atoms with E-state index in [9.17, 15) is 0 Å². The van der Waals surface area contributed by atoms with Crippen LogP contribution in [-0.2, 0) is 33.2 Å². The lowest BCUT2D eigenvalue weighted by Crippen LogP contribution is -2.14. The number of halogens is 1. The molecule has 0 bridgehead atoms. The van der Waals surface area contributed by atoms with Crippen LogP contribution in [0.5, 0.6) is 0 Å². The second kappa shape index (κ2) is 36.5. The molecule has 0 spiro atoms. The van der Waals surface area contributed by atoms with E-state index in [0.717, 1.165) is 24.1 Å². The highest BCUT2D eigenvalue weighted by molar-refractivity contribution is 14.1. The molecule has 0 atom stereocenters. The summed E-state index contributed by atoms with van der Waals surface area (Å²) in [6.07, 6.45) is 17.9. The van der Waals surface area contributed by atoms with E-state index >= 15 is 0 Å². The zero-order valence-electron chi connectivity index (χ0n) is 24.0. The topological polar surface area (TPSA) is 64.6 Å². The molecule has 0 aromatic rings. The second-order valence-electron chi connectivity index (χ2n) is 9.22. The number of ether oxygens (including phenoxy) is 7. The van der Waals surface area contributed by atoms with Gasteiger partial charge in [-0.15, -0.1) is 0 Å². The minimum atomic E-state index is 0.565. The SMILES string of the molecule is CCCCCCCCCCCCCCCOCCOCCOCCOCCOCCOCCOCCI. The Balaban J connectivity index is 3.00. The maximum Gasteiger partial charge on any atom is 0.0701 e. The average Bonchev–Trinajstić information content (AvgIpc) is 2.91. The van der Waals surface area contributed by atoms with Crippen LogP contribution >= 0.6 is 22.6 Å². The summed E-state index contributed by atoms with van der Waals surface area (Å²) < 4.78 is 39.4. The van der Waals surface area contributed by atoms with Gasteiger partial charge in [0.15, 0.2) is 0 Å². The Morgan fingerprint density at radius 1 is 0.297 bits per heavy atom. The van der Waals surface area contributed by atoms with E-state index in [-0.39, 0.29) is 0 Å². The van der Waals surface area contributed by atoms with Crippen molar-refractivity contribution in [1.82, 2.24) is 0 Å². The monoisotopic (exact) mass is 646 g/mol. The van der Waals surface area contributed by atoms with E-state index in [4.69, 9.17) is 33.2 Å². The first-order valence-electron chi connectivity index (χ1n) is 15.0. The number of alkyl halides is 1. The average molecular weight is 647 g/mol. The lowest BCUT2D eigenvalue weighted by Gasteiger charge is -2.08. The molecule has 0 aliphatic heterocycles. The Morgan fingerprint density at radius 3 is 0.838 bits per heavy atom. The van der Waals surface area contributed by atoms with Crippen molar-refractivity contribution in [2.75, 3.05) is 96.9 Å². The zero-order valence-corrected chi connectivity index (χ0v) is 26.2. The van der Waals surface area contributed by atoms with Gasteiger partial charge in [-0.25, -0.2) is 0 Å². The first-order valence-corrected chi connectivity index (χ1v) is 16.5. The highest BCUT2D eigenvalue weighted by Crippen LogP contribution is 2.12.